The molecule has 1 heterocycles. The molecule has 1 unspecified atom stereocenters. The molecule has 8 saturated carbocycles. The van der Waals surface area contributed by atoms with E-state index in [1.807, 2.05) is 12.1 Å². The number of ether oxygens (including phenoxy) is 1. The zero-order valence-corrected chi connectivity index (χ0v) is 42.2. The third-order valence-corrected chi connectivity index (χ3v) is 18.8. The van der Waals surface area contributed by atoms with Crippen molar-refractivity contribution in [3.63, 3.8) is 0 Å². The second kappa shape index (κ2) is 18.8. The Bertz CT molecular complexity index is 2760. The van der Waals surface area contributed by atoms with Crippen molar-refractivity contribution in [2.24, 2.45) is 46.3 Å². The van der Waals surface area contributed by atoms with Gasteiger partial charge < -0.3 is 14.5 Å². The maximum atomic E-state index is 15.5. The number of allylic oxidation sites excluding steroid dienone is 8. The molecule has 10 aliphatic rings. The van der Waals surface area contributed by atoms with E-state index in [1.165, 1.54) is 125 Å². The van der Waals surface area contributed by atoms with E-state index < -0.39 is 34.3 Å². The van der Waals surface area contributed by atoms with Crippen molar-refractivity contribution < 1.29 is 17.9 Å². The summed E-state index contributed by atoms with van der Waals surface area (Å²) < 4.78 is 52.3. The van der Waals surface area contributed by atoms with E-state index in [1.54, 1.807) is 18.2 Å². The molecule has 6 nitrogen and oxygen atoms in total. The van der Waals surface area contributed by atoms with Crippen LogP contribution in [-0.4, -0.2) is 33.4 Å². The third-order valence-electron chi connectivity index (χ3n) is 18.3. The molecule has 8 bridgehead atoms. The normalized spacial score (nSPS) is 31.7. The van der Waals surface area contributed by atoms with Crippen LogP contribution in [0.1, 0.15) is 113 Å². The number of halogens is 4. The first-order chi connectivity index (χ1) is 34.7. The van der Waals surface area contributed by atoms with Crippen molar-refractivity contribution in [2.75, 3.05) is 37.0 Å². The number of alkyl halides is 3. The van der Waals surface area contributed by atoms with Crippen LogP contribution >= 0.6 is 11.6 Å². The number of anilines is 2. The highest BCUT2D eigenvalue weighted by Gasteiger charge is 2.65. The van der Waals surface area contributed by atoms with Crippen LogP contribution in [0.5, 0.6) is 0 Å². The van der Waals surface area contributed by atoms with Crippen molar-refractivity contribution in [1.29, 1.82) is 15.8 Å². The van der Waals surface area contributed by atoms with Gasteiger partial charge in [-0.2, -0.15) is 29.0 Å². The average molecular weight is 987 g/mol. The smallest absolute Gasteiger partial charge is 0.437 e. The second-order valence-electron chi connectivity index (χ2n) is 23.4. The molecule has 72 heavy (non-hydrogen) atoms. The van der Waals surface area contributed by atoms with Gasteiger partial charge in [0.15, 0.2) is 11.3 Å². The molecular weight excluding hydrogens is 923 g/mol. The second-order valence-corrected chi connectivity index (χ2v) is 23.8. The number of hydrogen-bond acceptors (Lipinski definition) is 6. The minimum absolute atomic E-state index is 0.290. The largest absolute Gasteiger partial charge is 0.465 e. The molecule has 0 radical (unpaired) electrons. The van der Waals surface area contributed by atoms with E-state index in [4.69, 9.17) is 16.3 Å². The molecule has 0 saturated heterocycles. The number of nitriles is 3. The molecule has 3 aromatic carbocycles. The number of hydrogen-bond donors (Lipinski definition) is 0. The Balaban J connectivity index is 0.918. The summed E-state index contributed by atoms with van der Waals surface area (Å²) in [7, 11) is 4.51. The summed E-state index contributed by atoms with van der Waals surface area (Å²) in [6.45, 7) is 2.18. The first kappa shape index (κ1) is 48.3. The minimum atomic E-state index is -5.09. The molecule has 3 aromatic rings. The molecule has 0 amide bonds. The fourth-order valence-electron chi connectivity index (χ4n) is 16.3. The summed E-state index contributed by atoms with van der Waals surface area (Å²) in [5.74, 6) is 4.72. The number of rotatable bonds is 12. The number of nitrogens with zero attached hydrogens (tertiary/aromatic N) is 5. The lowest BCUT2D eigenvalue weighted by atomic mass is 9.49. The fraction of sp³-hybridized carbons (Fsp3) is 0.468. The first-order valence-corrected chi connectivity index (χ1v) is 26.7. The zero-order chi connectivity index (χ0) is 50.0. The van der Waals surface area contributed by atoms with E-state index in [0.717, 1.165) is 70.9 Å². The Morgan fingerprint density at radius 2 is 1.15 bits per heavy atom. The monoisotopic (exact) mass is 985 g/mol. The van der Waals surface area contributed by atoms with Gasteiger partial charge in [0.05, 0.1) is 0 Å². The predicted octanol–water partition coefficient (Wildman–Crippen LogP) is 15.2. The highest BCUT2D eigenvalue weighted by atomic mass is 35.5. The van der Waals surface area contributed by atoms with Gasteiger partial charge in [-0.25, -0.2) is 0 Å². The predicted molar refractivity (Wildman–Crippen MR) is 278 cm³/mol. The molecule has 10 heteroatoms. The van der Waals surface area contributed by atoms with Crippen LogP contribution in [0, 0.1) is 80.3 Å². The molecule has 1 aliphatic heterocycles. The maximum absolute atomic E-state index is 15.5. The summed E-state index contributed by atoms with van der Waals surface area (Å²) in [6.07, 6.45) is 20.5. The summed E-state index contributed by atoms with van der Waals surface area (Å²) in [6, 6.07) is 30.0. The van der Waals surface area contributed by atoms with Gasteiger partial charge in [-0.1, -0.05) is 90.5 Å². The number of benzene rings is 3. The highest BCUT2D eigenvalue weighted by Crippen LogP contribution is 2.62. The van der Waals surface area contributed by atoms with Crippen LogP contribution in [0.2, 0.25) is 0 Å². The van der Waals surface area contributed by atoms with Crippen LogP contribution in [-0.2, 0) is 10.3 Å². The van der Waals surface area contributed by atoms with Crippen LogP contribution in [0.3, 0.4) is 0 Å². The SMILES string of the molecule is CN(CC12CC3CC(CC(C3)C1)C2)c1ccc(C(=C/C=C2\CCCC(/C=C/C3=C(C#N)C(=C(C#N)C#N)OC3(c3ccccc3)C(F)(F)F)=C2Cl)c2ccc(N(C)CC34CC5CC(CC(C5)C3)C4)cc2)cc1. The Morgan fingerprint density at radius 3 is 1.58 bits per heavy atom. The molecular formula is C62H63ClF3N5O. The van der Waals surface area contributed by atoms with E-state index in [9.17, 15) is 15.8 Å². The Hall–Kier alpha value is -5.95. The Morgan fingerprint density at radius 1 is 0.681 bits per heavy atom. The van der Waals surface area contributed by atoms with Crippen molar-refractivity contribution >= 4 is 28.5 Å². The molecule has 13 rings (SSSR count). The summed E-state index contributed by atoms with van der Waals surface area (Å²) in [5.41, 5.74) is 2.70. The van der Waals surface area contributed by atoms with E-state index >= 15 is 13.2 Å². The maximum Gasteiger partial charge on any atom is 0.437 e. The summed E-state index contributed by atoms with van der Waals surface area (Å²) in [4.78, 5) is 4.96. The lowest BCUT2D eigenvalue weighted by molar-refractivity contribution is -0.249. The van der Waals surface area contributed by atoms with E-state index in [2.05, 4.69) is 78.5 Å². The molecule has 0 aromatic heterocycles. The minimum Gasteiger partial charge on any atom is -0.465 e. The lowest BCUT2D eigenvalue weighted by Gasteiger charge is -2.57. The van der Waals surface area contributed by atoms with Gasteiger partial charge in [0, 0.05) is 54.7 Å². The average Bonchev–Trinajstić information content (AvgIpc) is 3.69. The Kier molecular flexibility index (Phi) is 12.6. The van der Waals surface area contributed by atoms with Gasteiger partial charge in [0.25, 0.3) is 5.60 Å². The van der Waals surface area contributed by atoms with Crippen LogP contribution in [0.4, 0.5) is 24.5 Å². The summed E-state index contributed by atoms with van der Waals surface area (Å²) >= 11 is 7.24. The molecule has 1 atom stereocenters. The van der Waals surface area contributed by atoms with Crippen molar-refractivity contribution in [1.82, 2.24) is 0 Å². The van der Waals surface area contributed by atoms with E-state index in [-0.39, 0.29) is 5.56 Å². The quantitative estimate of drug-likeness (QED) is 0.168. The van der Waals surface area contributed by atoms with Gasteiger partial charge in [0.1, 0.15) is 23.8 Å². The van der Waals surface area contributed by atoms with Crippen molar-refractivity contribution in [3.05, 3.63) is 159 Å². The van der Waals surface area contributed by atoms with Crippen molar-refractivity contribution in [3.8, 4) is 18.2 Å². The Labute approximate surface area is 428 Å². The van der Waals surface area contributed by atoms with Crippen LogP contribution < -0.4 is 9.80 Å². The topological polar surface area (TPSA) is 87.1 Å². The molecule has 9 aliphatic carbocycles. The summed E-state index contributed by atoms with van der Waals surface area (Å²) in [5, 5.41) is 30.2. The van der Waals surface area contributed by atoms with Crippen molar-refractivity contribution in [2.45, 2.75) is 108 Å². The zero-order valence-electron chi connectivity index (χ0n) is 41.5. The standard InChI is InChI=1S/C62H63ClF3N5O/c1-70(38-59-29-40-23-41(30-59)25-42(24-40)31-59)52-17-11-46(12-18-52)54(47-13-19-53(20-14-47)71(2)39-60-32-43-26-44(33-60)28-45(27-43)34-60)21-15-48-7-6-8-49(57(48)63)16-22-56-55(37-69)58(50(35-67)36-68)72-61(56,62(64,65)66)51-9-4-3-5-10-51/h3-5,9-22,40-45H,6-8,23-34,38-39H2,1-2H3/b22-16+,48-15+,54-21?. The molecule has 8 fully saturated rings. The van der Waals surface area contributed by atoms with Crippen LogP contribution in [0.15, 0.2) is 142 Å². The van der Waals surface area contributed by atoms with Gasteiger partial charge in [-0.3, -0.25) is 0 Å². The third kappa shape index (κ3) is 8.81. The van der Waals surface area contributed by atoms with Gasteiger partial charge in [-0.05, 0) is 195 Å². The molecule has 0 N–H and O–H groups in total. The van der Waals surface area contributed by atoms with Crippen LogP contribution in [0.25, 0.3) is 5.57 Å². The lowest BCUT2D eigenvalue weighted by Crippen LogP contribution is -2.50. The van der Waals surface area contributed by atoms with Gasteiger partial charge >= 0.3 is 6.18 Å². The fourth-order valence-corrected chi connectivity index (χ4v) is 16.6. The highest BCUT2D eigenvalue weighted by molar-refractivity contribution is 6.32. The van der Waals surface area contributed by atoms with Gasteiger partial charge in [-0.15, -0.1) is 0 Å². The first-order valence-electron chi connectivity index (χ1n) is 26.3. The molecule has 370 valence electrons. The van der Waals surface area contributed by atoms with Gasteiger partial charge in [0.2, 0.25) is 0 Å². The van der Waals surface area contributed by atoms with E-state index in [0.29, 0.717) is 40.7 Å². The molecule has 0 spiro atoms.